The van der Waals surface area contributed by atoms with E-state index in [-0.39, 0.29) is 0 Å². The molecule has 0 bridgehead atoms. The van der Waals surface area contributed by atoms with Crippen LogP contribution in [0.25, 0.3) is 0 Å². The lowest BCUT2D eigenvalue weighted by atomic mass is 9.82. The highest BCUT2D eigenvalue weighted by Gasteiger charge is 2.41. The largest absolute Gasteiger partial charge is 0.301 e. The van der Waals surface area contributed by atoms with Crippen molar-refractivity contribution in [1.29, 1.82) is 0 Å². The van der Waals surface area contributed by atoms with E-state index in [1.54, 1.807) is 0 Å². The maximum absolute atomic E-state index is 2.60. The van der Waals surface area contributed by atoms with Gasteiger partial charge in [-0.3, -0.25) is 0 Å². The molecule has 2 aliphatic rings. The van der Waals surface area contributed by atoms with Gasteiger partial charge in [0, 0.05) is 5.54 Å². The van der Waals surface area contributed by atoms with Crippen molar-refractivity contribution < 1.29 is 0 Å². The van der Waals surface area contributed by atoms with Gasteiger partial charge in [-0.05, 0) is 52.1 Å². The van der Waals surface area contributed by atoms with E-state index < -0.39 is 0 Å². The molecule has 0 aromatic heterocycles. The van der Waals surface area contributed by atoms with Gasteiger partial charge in [0.05, 0.1) is 0 Å². The van der Waals surface area contributed by atoms with Crippen LogP contribution in [0.1, 0.15) is 45.4 Å². The highest BCUT2D eigenvalue weighted by Crippen LogP contribution is 2.42. The van der Waals surface area contributed by atoms with Crippen LogP contribution in [-0.4, -0.2) is 24.0 Å². The first kappa shape index (κ1) is 8.55. The molecule has 2 fully saturated rings. The molecule has 1 atom stereocenters. The predicted octanol–water partition coefficient (Wildman–Crippen LogP) is 2.66. The smallest absolute Gasteiger partial charge is 0.0207 e. The van der Waals surface area contributed by atoms with Gasteiger partial charge in [-0.1, -0.05) is 12.8 Å². The minimum Gasteiger partial charge on any atom is -0.301 e. The third kappa shape index (κ3) is 1.19. The van der Waals surface area contributed by atoms with Crippen molar-refractivity contribution in [3.05, 3.63) is 0 Å². The van der Waals surface area contributed by atoms with E-state index in [0.29, 0.717) is 5.54 Å². The molecule has 12 heavy (non-hydrogen) atoms. The van der Waals surface area contributed by atoms with Crippen LogP contribution in [0.15, 0.2) is 0 Å². The van der Waals surface area contributed by atoms with E-state index in [1.807, 2.05) is 0 Å². The fraction of sp³-hybridized carbons (Fsp3) is 1.00. The zero-order valence-electron chi connectivity index (χ0n) is 8.47. The molecule has 1 saturated carbocycles. The minimum absolute atomic E-state index is 0.566. The standard InChI is InChI=1S/C11H21N/c1-11(8-5-9-12(11)2)10-6-3-4-7-10/h10H,3-9H2,1-2H3. The first-order valence-corrected chi connectivity index (χ1v) is 5.45. The number of nitrogens with zero attached hydrogens (tertiary/aromatic N) is 1. The van der Waals surface area contributed by atoms with Crippen LogP contribution < -0.4 is 0 Å². The molecule has 1 heterocycles. The van der Waals surface area contributed by atoms with Gasteiger partial charge in [-0.2, -0.15) is 0 Å². The van der Waals surface area contributed by atoms with E-state index in [0.717, 1.165) is 5.92 Å². The maximum Gasteiger partial charge on any atom is 0.0207 e. The van der Waals surface area contributed by atoms with Crippen LogP contribution in [0.3, 0.4) is 0 Å². The second-order valence-corrected chi connectivity index (χ2v) is 4.86. The van der Waals surface area contributed by atoms with Crippen molar-refractivity contribution in [2.45, 2.75) is 51.0 Å². The normalized spacial score (nSPS) is 39.5. The van der Waals surface area contributed by atoms with Crippen LogP contribution in [0.4, 0.5) is 0 Å². The zero-order chi connectivity index (χ0) is 8.60. The average molecular weight is 167 g/mol. The molecule has 0 aromatic rings. The van der Waals surface area contributed by atoms with Gasteiger partial charge in [0.25, 0.3) is 0 Å². The average Bonchev–Trinajstić information content (AvgIpc) is 2.62. The third-order valence-electron chi connectivity index (χ3n) is 4.28. The molecular formula is C11H21N. The van der Waals surface area contributed by atoms with E-state index in [9.17, 15) is 0 Å². The van der Waals surface area contributed by atoms with E-state index in [2.05, 4.69) is 18.9 Å². The summed E-state index contributed by atoms with van der Waals surface area (Å²) in [4.78, 5) is 2.60. The second kappa shape index (κ2) is 3.02. The summed E-state index contributed by atoms with van der Waals surface area (Å²) >= 11 is 0. The van der Waals surface area contributed by atoms with Crippen molar-refractivity contribution in [2.24, 2.45) is 5.92 Å². The monoisotopic (exact) mass is 167 g/mol. The van der Waals surface area contributed by atoms with Gasteiger partial charge >= 0.3 is 0 Å². The Kier molecular flexibility index (Phi) is 2.16. The van der Waals surface area contributed by atoms with Gasteiger partial charge in [0.1, 0.15) is 0 Å². The molecule has 1 aliphatic heterocycles. The molecule has 1 aliphatic carbocycles. The minimum atomic E-state index is 0.566. The molecule has 1 saturated heterocycles. The summed E-state index contributed by atoms with van der Waals surface area (Å²) in [6.45, 7) is 3.81. The fourth-order valence-electron chi connectivity index (χ4n) is 3.18. The van der Waals surface area contributed by atoms with Crippen LogP contribution in [-0.2, 0) is 0 Å². The Labute approximate surface area is 76.1 Å². The summed E-state index contributed by atoms with van der Waals surface area (Å²) in [5.41, 5.74) is 0.566. The van der Waals surface area contributed by atoms with E-state index >= 15 is 0 Å². The maximum atomic E-state index is 2.60. The summed E-state index contributed by atoms with van der Waals surface area (Å²) < 4.78 is 0. The number of hydrogen-bond donors (Lipinski definition) is 0. The van der Waals surface area contributed by atoms with E-state index in [4.69, 9.17) is 0 Å². The van der Waals surface area contributed by atoms with Crippen molar-refractivity contribution in [1.82, 2.24) is 4.90 Å². The lowest BCUT2D eigenvalue weighted by Gasteiger charge is -2.38. The fourth-order valence-corrected chi connectivity index (χ4v) is 3.18. The molecule has 0 N–H and O–H groups in total. The molecule has 0 radical (unpaired) electrons. The van der Waals surface area contributed by atoms with Crippen LogP contribution >= 0.6 is 0 Å². The van der Waals surface area contributed by atoms with Gasteiger partial charge in [-0.25, -0.2) is 0 Å². The summed E-state index contributed by atoms with van der Waals surface area (Å²) in [6, 6.07) is 0. The van der Waals surface area contributed by atoms with Gasteiger partial charge in [0.2, 0.25) is 0 Å². The summed E-state index contributed by atoms with van der Waals surface area (Å²) in [7, 11) is 2.31. The van der Waals surface area contributed by atoms with E-state index in [1.165, 1.54) is 45.1 Å². The third-order valence-corrected chi connectivity index (χ3v) is 4.28. The molecule has 0 amide bonds. The Morgan fingerprint density at radius 2 is 1.83 bits per heavy atom. The Hall–Kier alpha value is -0.0400. The number of likely N-dealkylation sites (tertiary alicyclic amines) is 1. The highest BCUT2D eigenvalue weighted by molar-refractivity contribution is 4.97. The Bertz CT molecular complexity index is 160. The highest BCUT2D eigenvalue weighted by atomic mass is 15.2. The second-order valence-electron chi connectivity index (χ2n) is 4.86. The van der Waals surface area contributed by atoms with Crippen LogP contribution in [0, 0.1) is 5.92 Å². The zero-order valence-corrected chi connectivity index (χ0v) is 8.47. The Morgan fingerprint density at radius 1 is 1.17 bits per heavy atom. The SMILES string of the molecule is CN1CCCC1(C)C1CCCC1. The summed E-state index contributed by atoms with van der Waals surface area (Å²) in [5, 5.41) is 0. The quantitative estimate of drug-likeness (QED) is 0.580. The van der Waals surface area contributed by atoms with Gasteiger partial charge < -0.3 is 4.90 Å². The van der Waals surface area contributed by atoms with Crippen molar-refractivity contribution >= 4 is 0 Å². The molecule has 1 nitrogen and oxygen atoms in total. The predicted molar refractivity (Wildman–Crippen MR) is 52.2 cm³/mol. The van der Waals surface area contributed by atoms with Crippen LogP contribution in [0.2, 0.25) is 0 Å². The van der Waals surface area contributed by atoms with Crippen LogP contribution in [0.5, 0.6) is 0 Å². The lowest BCUT2D eigenvalue weighted by Crippen LogP contribution is -2.44. The van der Waals surface area contributed by atoms with Crippen molar-refractivity contribution in [3.63, 3.8) is 0 Å². The Morgan fingerprint density at radius 3 is 2.33 bits per heavy atom. The molecular weight excluding hydrogens is 146 g/mol. The van der Waals surface area contributed by atoms with Gasteiger partial charge in [0.15, 0.2) is 0 Å². The summed E-state index contributed by atoms with van der Waals surface area (Å²) in [5.74, 6) is 1.00. The molecule has 70 valence electrons. The lowest BCUT2D eigenvalue weighted by molar-refractivity contribution is 0.119. The Balaban J connectivity index is 2.07. The molecule has 2 rings (SSSR count). The van der Waals surface area contributed by atoms with Crippen molar-refractivity contribution in [3.8, 4) is 0 Å². The first-order valence-electron chi connectivity index (χ1n) is 5.45. The van der Waals surface area contributed by atoms with Gasteiger partial charge in [-0.15, -0.1) is 0 Å². The first-order chi connectivity index (χ1) is 5.73. The van der Waals surface area contributed by atoms with Crippen molar-refractivity contribution in [2.75, 3.05) is 13.6 Å². The molecule has 1 heteroatoms. The number of rotatable bonds is 1. The molecule has 1 unspecified atom stereocenters. The number of hydrogen-bond acceptors (Lipinski definition) is 1. The topological polar surface area (TPSA) is 3.24 Å². The molecule has 0 spiro atoms. The summed E-state index contributed by atoms with van der Waals surface area (Å²) in [6.07, 6.45) is 8.79. The molecule has 0 aromatic carbocycles.